The van der Waals surface area contributed by atoms with Crippen LogP contribution in [0.15, 0.2) is 0 Å². The summed E-state index contributed by atoms with van der Waals surface area (Å²) in [5.74, 6) is 1.63. The molecule has 7 heteroatoms. The lowest BCUT2D eigenvalue weighted by molar-refractivity contribution is 0.634. The Morgan fingerprint density at radius 1 is 0.875 bits per heavy atom. The summed E-state index contributed by atoms with van der Waals surface area (Å²) in [6.07, 6.45) is 0.785. The summed E-state index contributed by atoms with van der Waals surface area (Å²) in [5, 5.41) is 12.7. The van der Waals surface area contributed by atoms with Crippen molar-refractivity contribution in [1.82, 2.24) is 29.5 Å². The van der Waals surface area contributed by atoms with E-state index >= 15 is 0 Å². The first-order chi connectivity index (χ1) is 11.5. The standard InChI is InChI=1S/C17H25N7/c1-7-13-18-15-11(5)22-24(9-3)16(15)17(19-13)20-14-10(4)21-23(8-2)12(14)6/h7-9H2,1-6H3,(H,18,19,20). The van der Waals surface area contributed by atoms with Crippen molar-refractivity contribution < 1.29 is 0 Å². The first-order valence-corrected chi connectivity index (χ1v) is 8.55. The van der Waals surface area contributed by atoms with Crippen LogP contribution >= 0.6 is 0 Å². The number of aryl methyl sites for hydroxylation is 5. The molecule has 0 fully saturated rings. The lowest BCUT2D eigenvalue weighted by Gasteiger charge is -2.11. The van der Waals surface area contributed by atoms with E-state index in [1.165, 1.54) is 0 Å². The zero-order valence-electron chi connectivity index (χ0n) is 15.3. The van der Waals surface area contributed by atoms with E-state index in [-0.39, 0.29) is 0 Å². The maximum Gasteiger partial charge on any atom is 0.160 e. The molecule has 0 atom stereocenters. The quantitative estimate of drug-likeness (QED) is 0.778. The number of nitrogens with zero attached hydrogens (tertiary/aromatic N) is 6. The van der Waals surface area contributed by atoms with Gasteiger partial charge in [-0.15, -0.1) is 0 Å². The molecule has 0 aromatic carbocycles. The summed E-state index contributed by atoms with van der Waals surface area (Å²) in [4.78, 5) is 9.41. The van der Waals surface area contributed by atoms with Crippen LogP contribution in [-0.4, -0.2) is 29.5 Å². The molecule has 3 heterocycles. The van der Waals surface area contributed by atoms with Crippen LogP contribution in [0.1, 0.15) is 43.7 Å². The fourth-order valence-corrected chi connectivity index (χ4v) is 3.05. The molecule has 128 valence electrons. The van der Waals surface area contributed by atoms with Gasteiger partial charge in [-0.05, 0) is 34.6 Å². The fraction of sp³-hybridized carbons (Fsp3) is 0.529. The van der Waals surface area contributed by atoms with Gasteiger partial charge in [0.2, 0.25) is 0 Å². The molecule has 0 unspecified atom stereocenters. The van der Waals surface area contributed by atoms with E-state index in [9.17, 15) is 0 Å². The highest BCUT2D eigenvalue weighted by Crippen LogP contribution is 2.29. The number of hydrogen-bond donors (Lipinski definition) is 1. The van der Waals surface area contributed by atoms with Crippen LogP contribution in [0.4, 0.5) is 11.5 Å². The Balaban J connectivity index is 2.20. The first-order valence-electron chi connectivity index (χ1n) is 8.55. The van der Waals surface area contributed by atoms with E-state index in [0.29, 0.717) is 0 Å². The van der Waals surface area contributed by atoms with Crippen LogP contribution in [0.25, 0.3) is 11.0 Å². The fourth-order valence-electron chi connectivity index (χ4n) is 3.05. The molecule has 0 amide bonds. The van der Waals surface area contributed by atoms with E-state index in [1.54, 1.807) is 0 Å². The zero-order chi connectivity index (χ0) is 17.4. The molecule has 7 nitrogen and oxygen atoms in total. The van der Waals surface area contributed by atoms with Crippen molar-refractivity contribution in [1.29, 1.82) is 0 Å². The molecule has 0 radical (unpaired) electrons. The first kappa shape index (κ1) is 16.4. The molecule has 0 bridgehead atoms. The van der Waals surface area contributed by atoms with E-state index in [4.69, 9.17) is 4.98 Å². The molecule has 1 N–H and O–H groups in total. The lowest BCUT2D eigenvalue weighted by atomic mass is 10.3. The van der Waals surface area contributed by atoms with Crippen LogP contribution < -0.4 is 5.32 Å². The molecule has 0 aliphatic rings. The highest BCUT2D eigenvalue weighted by Gasteiger charge is 2.18. The number of anilines is 2. The molecule has 24 heavy (non-hydrogen) atoms. The van der Waals surface area contributed by atoms with Gasteiger partial charge in [0.1, 0.15) is 16.9 Å². The number of aromatic nitrogens is 6. The highest BCUT2D eigenvalue weighted by molar-refractivity contribution is 5.89. The second-order valence-corrected chi connectivity index (χ2v) is 5.93. The molecular formula is C17H25N7. The van der Waals surface area contributed by atoms with Crippen molar-refractivity contribution in [3.05, 3.63) is 22.9 Å². The van der Waals surface area contributed by atoms with Crippen molar-refractivity contribution in [2.75, 3.05) is 5.32 Å². The van der Waals surface area contributed by atoms with E-state index in [2.05, 4.69) is 48.2 Å². The normalized spacial score (nSPS) is 11.4. The van der Waals surface area contributed by atoms with Crippen LogP contribution in [0.5, 0.6) is 0 Å². The van der Waals surface area contributed by atoms with Gasteiger partial charge < -0.3 is 5.32 Å². The summed E-state index contributed by atoms with van der Waals surface area (Å²) in [7, 11) is 0. The van der Waals surface area contributed by atoms with Gasteiger partial charge in [-0.25, -0.2) is 9.97 Å². The van der Waals surface area contributed by atoms with Gasteiger partial charge in [0, 0.05) is 19.5 Å². The van der Waals surface area contributed by atoms with Crippen molar-refractivity contribution in [2.24, 2.45) is 0 Å². The van der Waals surface area contributed by atoms with Gasteiger partial charge in [-0.3, -0.25) is 9.36 Å². The minimum Gasteiger partial charge on any atom is -0.335 e. The Morgan fingerprint density at radius 2 is 1.54 bits per heavy atom. The molecule has 0 spiro atoms. The summed E-state index contributed by atoms with van der Waals surface area (Å²) in [5.41, 5.74) is 5.90. The molecule has 3 aromatic heterocycles. The minimum atomic E-state index is 0.778. The SMILES string of the molecule is CCc1nc(Nc2c(C)nn(CC)c2C)c2c(n1)c(C)nn2CC. The van der Waals surface area contributed by atoms with Gasteiger partial charge in [0.05, 0.1) is 22.8 Å². The topological polar surface area (TPSA) is 73.5 Å². The van der Waals surface area contributed by atoms with Crippen molar-refractivity contribution in [3.63, 3.8) is 0 Å². The highest BCUT2D eigenvalue weighted by atomic mass is 15.3. The molecule has 3 aromatic rings. The number of hydrogen-bond acceptors (Lipinski definition) is 5. The largest absolute Gasteiger partial charge is 0.335 e. The summed E-state index contributed by atoms with van der Waals surface area (Å²) >= 11 is 0. The van der Waals surface area contributed by atoms with Gasteiger partial charge in [-0.2, -0.15) is 10.2 Å². The Hall–Kier alpha value is -2.44. The minimum absolute atomic E-state index is 0.778. The zero-order valence-corrected chi connectivity index (χ0v) is 15.3. The molecule has 0 saturated heterocycles. The number of fused-ring (bicyclic) bond motifs is 1. The van der Waals surface area contributed by atoms with Crippen molar-refractivity contribution >= 4 is 22.5 Å². The maximum absolute atomic E-state index is 4.73. The Morgan fingerprint density at radius 3 is 2.12 bits per heavy atom. The van der Waals surface area contributed by atoms with Crippen LogP contribution in [-0.2, 0) is 19.5 Å². The average molecular weight is 327 g/mol. The Bertz CT molecular complexity index is 888. The van der Waals surface area contributed by atoms with Crippen molar-refractivity contribution in [2.45, 2.75) is 61.1 Å². The third-order valence-corrected chi connectivity index (χ3v) is 4.34. The predicted molar refractivity (Wildman–Crippen MR) is 95.8 cm³/mol. The summed E-state index contributed by atoms with van der Waals surface area (Å²) in [6, 6.07) is 0. The third-order valence-electron chi connectivity index (χ3n) is 4.34. The molecule has 0 saturated carbocycles. The Kier molecular flexibility index (Phi) is 4.26. The second kappa shape index (κ2) is 6.22. The predicted octanol–water partition coefficient (Wildman–Crippen LogP) is 3.29. The Labute approximate surface area is 142 Å². The number of nitrogens with one attached hydrogen (secondary N) is 1. The summed E-state index contributed by atoms with van der Waals surface area (Å²) < 4.78 is 3.96. The smallest absolute Gasteiger partial charge is 0.160 e. The molecular weight excluding hydrogens is 302 g/mol. The third kappa shape index (κ3) is 2.53. The maximum atomic E-state index is 4.73. The van der Waals surface area contributed by atoms with Gasteiger partial charge in [-0.1, -0.05) is 6.92 Å². The van der Waals surface area contributed by atoms with Crippen molar-refractivity contribution in [3.8, 4) is 0 Å². The molecule has 3 rings (SSSR count). The van der Waals surface area contributed by atoms with Gasteiger partial charge in [0.15, 0.2) is 5.82 Å². The van der Waals surface area contributed by atoms with Gasteiger partial charge >= 0.3 is 0 Å². The van der Waals surface area contributed by atoms with E-state index in [1.807, 2.05) is 23.2 Å². The van der Waals surface area contributed by atoms with E-state index < -0.39 is 0 Å². The monoisotopic (exact) mass is 327 g/mol. The number of rotatable bonds is 5. The summed E-state index contributed by atoms with van der Waals surface area (Å²) in [6.45, 7) is 14.0. The van der Waals surface area contributed by atoms with Crippen LogP contribution in [0.2, 0.25) is 0 Å². The molecule has 0 aliphatic carbocycles. The second-order valence-electron chi connectivity index (χ2n) is 5.93. The van der Waals surface area contributed by atoms with E-state index in [0.717, 1.165) is 65.0 Å². The van der Waals surface area contributed by atoms with Gasteiger partial charge in [0.25, 0.3) is 0 Å². The van der Waals surface area contributed by atoms with Crippen LogP contribution in [0, 0.1) is 20.8 Å². The molecule has 0 aliphatic heterocycles. The average Bonchev–Trinajstić information content (AvgIpc) is 3.05. The lowest BCUT2D eigenvalue weighted by Crippen LogP contribution is -2.06. The van der Waals surface area contributed by atoms with Crippen LogP contribution in [0.3, 0.4) is 0 Å².